The second-order valence-electron chi connectivity index (χ2n) is 5.29. The van der Waals surface area contributed by atoms with Crippen LogP contribution in [0.3, 0.4) is 0 Å². The van der Waals surface area contributed by atoms with E-state index in [1.807, 2.05) is 6.92 Å². The van der Waals surface area contributed by atoms with Crippen molar-refractivity contribution in [2.75, 3.05) is 18.5 Å². The van der Waals surface area contributed by atoms with Gasteiger partial charge in [0, 0.05) is 16.8 Å². The van der Waals surface area contributed by atoms with Gasteiger partial charge in [-0.15, -0.1) is 0 Å². The van der Waals surface area contributed by atoms with E-state index in [0.717, 1.165) is 0 Å². The maximum atomic E-state index is 12.2. The van der Waals surface area contributed by atoms with Crippen molar-refractivity contribution in [2.45, 2.75) is 13.1 Å². The fourth-order valence-corrected chi connectivity index (χ4v) is 2.09. The molecule has 0 spiro atoms. The number of ether oxygens (including phenoxy) is 1. The van der Waals surface area contributed by atoms with Gasteiger partial charge in [-0.1, -0.05) is 6.07 Å². The predicted molar refractivity (Wildman–Crippen MR) is 90.4 cm³/mol. The molecule has 0 saturated carbocycles. The fourth-order valence-electron chi connectivity index (χ4n) is 2.09. The number of rotatable bonds is 6. The maximum absolute atomic E-state index is 12.2. The van der Waals surface area contributed by atoms with E-state index in [-0.39, 0.29) is 5.56 Å². The van der Waals surface area contributed by atoms with Gasteiger partial charge in [-0.2, -0.15) is 13.2 Å². The third-order valence-electron chi connectivity index (χ3n) is 3.26. The van der Waals surface area contributed by atoms with Crippen LogP contribution >= 0.6 is 0 Å². The topological polar surface area (TPSA) is 67.4 Å². The molecule has 0 atom stereocenters. The van der Waals surface area contributed by atoms with Gasteiger partial charge in [0.25, 0.3) is 11.8 Å². The van der Waals surface area contributed by atoms with Gasteiger partial charge in [0.15, 0.2) is 0 Å². The SMILES string of the molecule is CCOc1ccc(C(=O)Nc2cccc(C(=O)NCC(F)(F)F)c2)cc1. The number of anilines is 1. The van der Waals surface area contributed by atoms with Crippen LogP contribution in [0.15, 0.2) is 48.5 Å². The standard InChI is InChI=1S/C18H17F3N2O3/c1-2-26-15-8-6-12(7-9-15)17(25)23-14-5-3-4-13(10-14)16(24)22-11-18(19,20)21/h3-10H,2,11H2,1H3,(H,22,24)(H,23,25). The first-order valence-electron chi connectivity index (χ1n) is 7.77. The largest absolute Gasteiger partial charge is 0.494 e. The van der Waals surface area contributed by atoms with Gasteiger partial charge in [0.1, 0.15) is 12.3 Å². The quantitative estimate of drug-likeness (QED) is 0.820. The smallest absolute Gasteiger partial charge is 0.405 e. The molecule has 0 radical (unpaired) electrons. The number of amides is 2. The van der Waals surface area contributed by atoms with Gasteiger partial charge in [0.05, 0.1) is 6.61 Å². The van der Waals surface area contributed by atoms with Crippen LogP contribution in [0.25, 0.3) is 0 Å². The Balaban J connectivity index is 2.03. The maximum Gasteiger partial charge on any atom is 0.405 e. The van der Waals surface area contributed by atoms with E-state index in [1.54, 1.807) is 29.6 Å². The highest BCUT2D eigenvalue weighted by atomic mass is 19.4. The van der Waals surface area contributed by atoms with Crippen molar-refractivity contribution in [3.05, 3.63) is 59.7 Å². The van der Waals surface area contributed by atoms with Gasteiger partial charge in [-0.05, 0) is 49.4 Å². The Morgan fingerprint density at radius 2 is 1.69 bits per heavy atom. The van der Waals surface area contributed by atoms with Crippen molar-refractivity contribution in [3.8, 4) is 5.75 Å². The molecule has 0 aromatic heterocycles. The lowest BCUT2D eigenvalue weighted by Gasteiger charge is -2.10. The van der Waals surface area contributed by atoms with E-state index < -0.39 is 24.5 Å². The van der Waals surface area contributed by atoms with Crippen molar-refractivity contribution in [3.63, 3.8) is 0 Å². The number of benzene rings is 2. The van der Waals surface area contributed by atoms with Crippen molar-refractivity contribution in [2.24, 2.45) is 0 Å². The first-order valence-corrected chi connectivity index (χ1v) is 7.77. The Morgan fingerprint density at radius 1 is 1.00 bits per heavy atom. The third kappa shape index (κ3) is 5.80. The van der Waals surface area contributed by atoms with E-state index >= 15 is 0 Å². The van der Waals surface area contributed by atoms with Crippen molar-refractivity contribution in [1.82, 2.24) is 5.32 Å². The Kier molecular flexibility index (Phi) is 6.21. The van der Waals surface area contributed by atoms with Crippen LogP contribution in [0.4, 0.5) is 18.9 Å². The van der Waals surface area contributed by atoms with Crippen molar-refractivity contribution < 1.29 is 27.5 Å². The van der Waals surface area contributed by atoms with Crippen LogP contribution in [0.5, 0.6) is 5.75 Å². The molecule has 0 aliphatic heterocycles. The molecule has 0 heterocycles. The zero-order valence-electron chi connectivity index (χ0n) is 13.9. The van der Waals surface area contributed by atoms with Gasteiger partial charge < -0.3 is 15.4 Å². The van der Waals surface area contributed by atoms with Gasteiger partial charge >= 0.3 is 6.18 Å². The van der Waals surface area contributed by atoms with Crippen LogP contribution in [-0.4, -0.2) is 31.1 Å². The summed E-state index contributed by atoms with van der Waals surface area (Å²) >= 11 is 0. The molecule has 2 amide bonds. The van der Waals surface area contributed by atoms with Crippen LogP contribution in [-0.2, 0) is 0 Å². The molecule has 0 fully saturated rings. The summed E-state index contributed by atoms with van der Waals surface area (Å²) in [6.45, 7) is 0.932. The molecule has 0 bridgehead atoms. The summed E-state index contributed by atoms with van der Waals surface area (Å²) < 4.78 is 41.8. The average Bonchev–Trinajstić information content (AvgIpc) is 2.60. The Labute approximate surface area is 148 Å². The minimum absolute atomic E-state index is 0.0127. The highest BCUT2D eigenvalue weighted by Crippen LogP contribution is 2.16. The average molecular weight is 366 g/mol. The van der Waals surface area contributed by atoms with Crippen LogP contribution in [0, 0.1) is 0 Å². The molecular weight excluding hydrogens is 349 g/mol. The first kappa shape index (κ1) is 19.3. The van der Waals surface area contributed by atoms with E-state index in [4.69, 9.17) is 4.74 Å². The summed E-state index contributed by atoms with van der Waals surface area (Å²) in [4.78, 5) is 24.0. The Bertz CT molecular complexity index is 774. The van der Waals surface area contributed by atoms with E-state index in [9.17, 15) is 22.8 Å². The zero-order chi connectivity index (χ0) is 19.2. The minimum Gasteiger partial charge on any atom is -0.494 e. The number of alkyl halides is 3. The van der Waals surface area contributed by atoms with Gasteiger partial charge in [0.2, 0.25) is 0 Å². The molecule has 0 aliphatic carbocycles. The number of carbonyl (C=O) groups excluding carboxylic acids is 2. The molecule has 26 heavy (non-hydrogen) atoms. The summed E-state index contributed by atoms with van der Waals surface area (Å²) in [6, 6.07) is 12.1. The third-order valence-corrected chi connectivity index (χ3v) is 3.26. The molecule has 0 aliphatic rings. The first-order chi connectivity index (χ1) is 12.3. The highest BCUT2D eigenvalue weighted by molar-refractivity contribution is 6.05. The fraction of sp³-hybridized carbons (Fsp3) is 0.222. The highest BCUT2D eigenvalue weighted by Gasteiger charge is 2.27. The molecule has 138 valence electrons. The summed E-state index contributed by atoms with van der Waals surface area (Å²) in [5.41, 5.74) is 0.683. The predicted octanol–water partition coefficient (Wildman–Crippen LogP) is 3.63. The Morgan fingerprint density at radius 3 is 2.31 bits per heavy atom. The molecule has 2 N–H and O–H groups in total. The normalized spacial score (nSPS) is 10.9. The summed E-state index contributed by atoms with van der Waals surface area (Å²) in [5.74, 6) is -0.659. The lowest BCUT2D eigenvalue weighted by Crippen LogP contribution is -2.33. The molecule has 0 saturated heterocycles. The van der Waals surface area contributed by atoms with Gasteiger partial charge in [-0.3, -0.25) is 9.59 Å². The zero-order valence-corrected chi connectivity index (χ0v) is 13.9. The van der Waals surface area contributed by atoms with Crippen LogP contribution in [0.2, 0.25) is 0 Å². The summed E-state index contributed by atoms with van der Waals surface area (Å²) in [6.07, 6.45) is -4.49. The number of carbonyl (C=O) groups is 2. The summed E-state index contributed by atoms with van der Waals surface area (Å²) in [5, 5.41) is 4.37. The van der Waals surface area contributed by atoms with E-state index in [2.05, 4.69) is 5.32 Å². The van der Waals surface area contributed by atoms with E-state index in [1.165, 1.54) is 24.3 Å². The number of hydrogen-bond donors (Lipinski definition) is 2. The lowest BCUT2D eigenvalue weighted by atomic mass is 10.1. The Hall–Kier alpha value is -3.03. The molecule has 5 nitrogen and oxygen atoms in total. The minimum atomic E-state index is -4.49. The lowest BCUT2D eigenvalue weighted by molar-refractivity contribution is -0.123. The van der Waals surface area contributed by atoms with Crippen molar-refractivity contribution in [1.29, 1.82) is 0 Å². The second kappa shape index (κ2) is 8.37. The molecule has 2 rings (SSSR count). The number of halogens is 3. The van der Waals surface area contributed by atoms with Crippen LogP contribution in [0.1, 0.15) is 27.6 Å². The number of nitrogens with one attached hydrogen (secondary N) is 2. The molecule has 2 aromatic rings. The molecule has 8 heteroatoms. The molecular formula is C18H17F3N2O3. The van der Waals surface area contributed by atoms with Gasteiger partial charge in [-0.25, -0.2) is 0 Å². The monoisotopic (exact) mass is 366 g/mol. The van der Waals surface area contributed by atoms with E-state index in [0.29, 0.717) is 23.6 Å². The molecule has 0 unspecified atom stereocenters. The van der Waals surface area contributed by atoms with Crippen molar-refractivity contribution >= 4 is 17.5 Å². The molecule has 2 aromatic carbocycles. The number of hydrogen-bond acceptors (Lipinski definition) is 3. The summed E-state index contributed by atoms with van der Waals surface area (Å²) in [7, 11) is 0. The second-order valence-corrected chi connectivity index (χ2v) is 5.29. The van der Waals surface area contributed by atoms with Crippen LogP contribution < -0.4 is 15.4 Å².